The van der Waals surface area contributed by atoms with E-state index in [0.717, 1.165) is 56.7 Å². The zero-order valence-electron chi connectivity index (χ0n) is 18.4. The Labute approximate surface area is 199 Å². The highest BCUT2D eigenvalue weighted by Crippen LogP contribution is 2.35. The Morgan fingerprint density at radius 2 is 2.09 bits per heavy atom. The number of benzene rings is 1. The predicted molar refractivity (Wildman–Crippen MR) is 130 cm³/mol. The summed E-state index contributed by atoms with van der Waals surface area (Å²) in [5.74, 6) is 1.03. The number of sulfonamides is 1. The Bertz CT molecular complexity index is 1460. The molecule has 0 atom stereocenters. The average Bonchev–Trinajstić information content (AvgIpc) is 3.47. The lowest BCUT2D eigenvalue weighted by atomic mass is 10.1. The summed E-state index contributed by atoms with van der Waals surface area (Å²) in [6.45, 7) is 2.66. The number of nitrogens with one attached hydrogen (secondary N) is 3. The van der Waals surface area contributed by atoms with Gasteiger partial charge in [0, 0.05) is 28.9 Å². The number of morpholine rings is 1. The molecule has 5 rings (SSSR count). The van der Waals surface area contributed by atoms with Gasteiger partial charge < -0.3 is 15.0 Å². The number of aromatic amines is 1. The van der Waals surface area contributed by atoms with Crippen LogP contribution >= 0.6 is 11.3 Å². The molecule has 1 aliphatic heterocycles. The van der Waals surface area contributed by atoms with Crippen molar-refractivity contribution in [3.8, 4) is 11.4 Å². The molecule has 34 heavy (non-hydrogen) atoms. The second-order valence-corrected chi connectivity index (χ2v) is 10.9. The molecule has 0 radical (unpaired) electrons. The molecule has 1 saturated heterocycles. The number of fused-ring (bicyclic) bond motifs is 2. The van der Waals surface area contributed by atoms with Crippen LogP contribution in [0.1, 0.15) is 4.88 Å². The normalized spacial score (nSPS) is 14.7. The molecule has 4 heterocycles. The number of carbonyl (C=O) groups excluding carboxylic acids is 1. The quantitative estimate of drug-likeness (QED) is 0.343. The fourth-order valence-electron chi connectivity index (χ4n) is 3.77. The Morgan fingerprint density at radius 3 is 2.88 bits per heavy atom. The topological polar surface area (TPSA) is 142 Å². The molecule has 11 nitrogen and oxygen atoms in total. The smallest absolute Gasteiger partial charge is 0.235 e. The maximum atomic E-state index is 12.0. The van der Waals surface area contributed by atoms with Crippen LogP contribution < -0.4 is 14.9 Å². The van der Waals surface area contributed by atoms with Crippen molar-refractivity contribution in [1.82, 2.24) is 30.2 Å². The largest absolute Gasteiger partial charge is 0.378 e. The minimum atomic E-state index is -3.43. The molecule has 178 valence electrons. The molecule has 1 amide bonds. The highest BCUT2D eigenvalue weighted by atomic mass is 32.2. The van der Waals surface area contributed by atoms with Gasteiger partial charge in [-0.3, -0.25) is 9.89 Å². The third-order valence-electron chi connectivity index (χ3n) is 5.40. The molecule has 1 fully saturated rings. The second-order valence-electron chi connectivity index (χ2n) is 7.90. The van der Waals surface area contributed by atoms with Gasteiger partial charge in [0.25, 0.3) is 0 Å². The van der Waals surface area contributed by atoms with Crippen LogP contribution in [-0.2, 0) is 26.1 Å². The SMILES string of the molecule is CS(=O)(=O)NCC(=O)NCc1cc2nc(-c3cccc4[nH]ncc34)nc(N3CCOCC3)c2s1. The van der Waals surface area contributed by atoms with Crippen molar-refractivity contribution in [2.75, 3.05) is 44.0 Å². The molecular weight excluding hydrogens is 478 g/mol. The maximum absolute atomic E-state index is 12.0. The zero-order valence-corrected chi connectivity index (χ0v) is 20.0. The fourth-order valence-corrected chi connectivity index (χ4v) is 5.21. The lowest BCUT2D eigenvalue weighted by molar-refractivity contribution is -0.120. The summed E-state index contributed by atoms with van der Waals surface area (Å²) >= 11 is 1.51. The highest BCUT2D eigenvalue weighted by Gasteiger charge is 2.21. The minimum absolute atomic E-state index is 0.264. The number of nitrogens with zero attached hydrogens (tertiary/aromatic N) is 4. The van der Waals surface area contributed by atoms with Gasteiger partial charge in [0.1, 0.15) is 0 Å². The summed E-state index contributed by atoms with van der Waals surface area (Å²) in [7, 11) is -3.43. The van der Waals surface area contributed by atoms with Gasteiger partial charge in [-0.1, -0.05) is 12.1 Å². The van der Waals surface area contributed by atoms with Crippen molar-refractivity contribution in [2.24, 2.45) is 0 Å². The van der Waals surface area contributed by atoms with Gasteiger partial charge in [-0.2, -0.15) is 5.10 Å². The molecule has 0 bridgehead atoms. The Balaban J connectivity index is 1.49. The Morgan fingerprint density at radius 1 is 1.26 bits per heavy atom. The molecule has 1 aromatic carbocycles. The van der Waals surface area contributed by atoms with Crippen LogP contribution in [0.3, 0.4) is 0 Å². The van der Waals surface area contributed by atoms with E-state index in [4.69, 9.17) is 14.7 Å². The molecule has 0 saturated carbocycles. The van der Waals surface area contributed by atoms with Gasteiger partial charge in [-0.25, -0.2) is 23.1 Å². The minimum Gasteiger partial charge on any atom is -0.378 e. The van der Waals surface area contributed by atoms with Gasteiger partial charge in [0.2, 0.25) is 15.9 Å². The Kier molecular flexibility index (Phi) is 6.16. The number of rotatable bonds is 7. The molecule has 3 aromatic heterocycles. The number of hydrogen-bond donors (Lipinski definition) is 3. The number of hydrogen-bond acceptors (Lipinski definition) is 9. The van der Waals surface area contributed by atoms with Crippen LogP contribution in [0.15, 0.2) is 30.5 Å². The van der Waals surface area contributed by atoms with Gasteiger partial charge in [-0.15, -0.1) is 11.3 Å². The van der Waals surface area contributed by atoms with E-state index < -0.39 is 15.9 Å². The van der Waals surface area contributed by atoms with Gasteiger partial charge >= 0.3 is 0 Å². The second kappa shape index (κ2) is 9.25. The molecule has 0 aliphatic carbocycles. The number of amides is 1. The number of ether oxygens (including phenoxy) is 1. The summed E-state index contributed by atoms with van der Waals surface area (Å²) < 4.78 is 31.1. The van der Waals surface area contributed by atoms with E-state index in [2.05, 4.69) is 25.1 Å². The summed E-state index contributed by atoms with van der Waals surface area (Å²) in [5.41, 5.74) is 2.58. The molecule has 3 N–H and O–H groups in total. The lowest BCUT2D eigenvalue weighted by Crippen LogP contribution is -2.36. The molecule has 4 aromatic rings. The van der Waals surface area contributed by atoms with Crippen molar-refractivity contribution in [2.45, 2.75) is 6.54 Å². The lowest BCUT2D eigenvalue weighted by Gasteiger charge is -2.28. The van der Waals surface area contributed by atoms with Crippen molar-refractivity contribution in [3.63, 3.8) is 0 Å². The van der Waals surface area contributed by atoms with Gasteiger partial charge in [-0.05, 0) is 12.1 Å². The van der Waals surface area contributed by atoms with Crippen LogP contribution in [0, 0.1) is 0 Å². The van der Waals surface area contributed by atoms with Crippen molar-refractivity contribution < 1.29 is 17.9 Å². The molecule has 13 heteroatoms. The number of aromatic nitrogens is 4. The summed E-state index contributed by atoms with van der Waals surface area (Å²) in [5, 5.41) is 10.8. The van der Waals surface area contributed by atoms with E-state index in [1.54, 1.807) is 6.20 Å². The molecule has 0 unspecified atom stereocenters. The first-order chi connectivity index (χ1) is 16.4. The number of thiophene rings is 1. The van der Waals surface area contributed by atoms with Crippen molar-refractivity contribution in [3.05, 3.63) is 35.3 Å². The van der Waals surface area contributed by atoms with E-state index >= 15 is 0 Å². The van der Waals surface area contributed by atoms with E-state index in [1.807, 2.05) is 24.3 Å². The number of anilines is 1. The Hall–Kier alpha value is -3.13. The average molecular weight is 502 g/mol. The summed E-state index contributed by atoms with van der Waals surface area (Å²) in [6.07, 6.45) is 2.78. The standard InChI is InChI=1S/C21H23N7O4S2/c1-34(30,31)24-12-18(29)22-10-13-9-17-19(33-13)21(28-5-7-32-8-6-28)26-20(25-17)14-3-2-4-16-15(14)11-23-27-16/h2-4,9,11,24H,5-8,10,12H2,1H3,(H,22,29)(H,23,27). The predicted octanol–water partition coefficient (Wildman–Crippen LogP) is 1.24. The van der Waals surface area contributed by atoms with Gasteiger partial charge in [0.05, 0.1) is 54.5 Å². The third-order valence-corrected chi connectivity index (χ3v) is 7.18. The monoisotopic (exact) mass is 501 g/mol. The van der Waals surface area contributed by atoms with E-state index in [9.17, 15) is 13.2 Å². The first-order valence-corrected chi connectivity index (χ1v) is 13.3. The van der Waals surface area contributed by atoms with Crippen LogP contribution in [0.25, 0.3) is 32.5 Å². The summed E-state index contributed by atoms with van der Waals surface area (Å²) in [6, 6.07) is 7.81. The first-order valence-electron chi connectivity index (χ1n) is 10.6. The van der Waals surface area contributed by atoms with E-state index in [-0.39, 0.29) is 13.1 Å². The van der Waals surface area contributed by atoms with Gasteiger partial charge in [0.15, 0.2) is 11.6 Å². The number of carbonyl (C=O) groups is 1. The van der Waals surface area contributed by atoms with Crippen LogP contribution in [0.2, 0.25) is 0 Å². The van der Waals surface area contributed by atoms with Crippen LogP contribution in [0.5, 0.6) is 0 Å². The zero-order chi connectivity index (χ0) is 23.7. The number of H-pyrrole nitrogens is 1. The first kappa shape index (κ1) is 22.7. The molecule has 0 spiro atoms. The summed E-state index contributed by atoms with van der Waals surface area (Å²) in [4.78, 5) is 24.9. The highest BCUT2D eigenvalue weighted by molar-refractivity contribution is 7.88. The van der Waals surface area contributed by atoms with E-state index in [0.29, 0.717) is 19.0 Å². The van der Waals surface area contributed by atoms with Crippen molar-refractivity contribution in [1.29, 1.82) is 0 Å². The van der Waals surface area contributed by atoms with Crippen LogP contribution in [0.4, 0.5) is 5.82 Å². The fraction of sp³-hybridized carbons (Fsp3) is 0.333. The van der Waals surface area contributed by atoms with E-state index in [1.165, 1.54) is 11.3 Å². The van der Waals surface area contributed by atoms with Crippen molar-refractivity contribution >= 4 is 54.2 Å². The third kappa shape index (κ3) is 4.87. The molecular formula is C21H23N7O4S2. The molecule has 1 aliphatic rings. The maximum Gasteiger partial charge on any atom is 0.235 e. The van der Waals surface area contributed by atoms with Crippen LogP contribution in [-0.4, -0.2) is 73.6 Å².